The van der Waals surface area contributed by atoms with Gasteiger partial charge in [-0.3, -0.25) is 0 Å². The molecule has 0 rings (SSSR count). The zero-order chi connectivity index (χ0) is 8.41. The van der Waals surface area contributed by atoms with Gasteiger partial charge in [-0.15, -0.1) is 12.7 Å². The van der Waals surface area contributed by atoms with Crippen molar-refractivity contribution >= 4 is 23.1 Å². The van der Waals surface area contributed by atoms with E-state index in [0.717, 1.165) is 19.3 Å². The van der Waals surface area contributed by atoms with E-state index >= 15 is 0 Å². The van der Waals surface area contributed by atoms with Crippen molar-refractivity contribution in [2.24, 2.45) is 0 Å². The van der Waals surface area contributed by atoms with Gasteiger partial charge in [0.05, 0.1) is 0 Å². The summed E-state index contributed by atoms with van der Waals surface area (Å²) in [5, 5.41) is 19.4. The monoisotopic (exact) mass is 170 g/mol. The van der Waals surface area contributed by atoms with Gasteiger partial charge >= 0.3 is 23.1 Å². The van der Waals surface area contributed by atoms with Crippen LogP contribution >= 0.6 is 0 Å². The van der Waals surface area contributed by atoms with E-state index < -0.39 is 0 Å². The molecule has 0 fully saturated rings. The average molecular weight is 171 g/mol. The Morgan fingerprint density at radius 1 is 1.27 bits per heavy atom. The molecule has 0 aliphatic heterocycles. The third kappa shape index (κ3) is 36.7. The van der Waals surface area contributed by atoms with Crippen LogP contribution in [0.5, 0.6) is 0 Å². The first-order valence-corrected chi connectivity index (χ1v) is 3.92. The molecule has 0 radical (unpaired) electrons. The van der Waals surface area contributed by atoms with Crippen molar-refractivity contribution in [2.75, 3.05) is 6.61 Å². The van der Waals surface area contributed by atoms with E-state index in [1.54, 1.807) is 6.92 Å². The Kier molecular flexibility index (Phi) is 27.3. The van der Waals surface area contributed by atoms with Gasteiger partial charge in [-0.2, -0.15) is 0 Å². The molecule has 0 bridgehead atoms. The van der Waals surface area contributed by atoms with Crippen LogP contribution in [0.15, 0.2) is 0 Å². The summed E-state index contributed by atoms with van der Waals surface area (Å²) >= 11 is 0. The molecule has 0 aromatic heterocycles. The van der Waals surface area contributed by atoms with Gasteiger partial charge in [0.25, 0.3) is 0 Å². The van der Waals surface area contributed by atoms with E-state index in [1.165, 1.54) is 0 Å². The summed E-state index contributed by atoms with van der Waals surface area (Å²) in [4.78, 5) is 0. The molecule has 0 aliphatic rings. The number of hydrogen-bond acceptors (Lipinski definition) is 2. The molecular weight excluding hydrogens is 152 g/mol. The molecule has 0 aromatic carbocycles. The Morgan fingerprint density at radius 3 is 1.64 bits per heavy atom. The summed E-state index contributed by atoms with van der Waals surface area (Å²) in [7, 11) is 0. The van der Waals surface area contributed by atoms with Crippen molar-refractivity contribution in [3.63, 3.8) is 0 Å². The molecule has 0 spiro atoms. The van der Waals surface area contributed by atoms with Crippen LogP contribution in [0.1, 0.15) is 40.0 Å². The predicted octanol–water partition coefficient (Wildman–Crippen LogP) is -0.0888. The molecule has 0 N–H and O–H groups in total. The van der Waals surface area contributed by atoms with Gasteiger partial charge in [0.2, 0.25) is 0 Å². The summed E-state index contributed by atoms with van der Waals surface area (Å²) in [5.41, 5.74) is 0. The molecule has 0 saturated heterocycles. The second-order valence-electron chi connectivity index (χ2n) is 2.28. The fourth-order valence-electron chi connectivity index (χ4n) is 0.144. The van der Waals surface area contributed by atoms with Crippen molar-refractivity contribution < 1.29 is 10.2 Å². The van der Waals surface area contributed by atoms with Crippen LogP contribution < -0.4 is 10.2 Å². The Balaban J connectivity index is -0.000000107. The number of hydrogen-bond donors (Lipinski definition) is 0. The first-order valence-electron chi connectivity index (χ1n) is 3.92. The van der Waals surface area contributed by atoms with Crippen LogP contribution in [0.3, 0.4) is 0 Å². The average Bonchev–Trinajstić information content (AvgIpc) is 1.91. The van der Waals surface area contributed by atoms with Crippen molar-refractivity contribution in [3.05, 3.63) is 0 Å². The molecule has 0 heterocycles. The molecule has 0 amide bonds. The Hall–Kier alpha value is 0.686. The van der Waals surface area contributed by atoms with Gasteiger partial charge in [-0.05, 0) is 0 Å². The third-order valence-corrected chi connectivity index (χ3v) is 1.07. The Bertz CT molecular complexity index is 47.4. The van der Waals surface area contributed by atoms with Gasteiger partial charge in [-0.1, -0.05) is 40.0 Å². The van der Waals surface area contributed by atoms with Crippen molar-refractivity contribution in [1.29, 1.82) is 0 Å². The smallest absolute Gasteiger partial charge is 0.854 e. The van der Waals surface area contributed by atoms with Crippen molar-refractivity contribution in [2.45, 2.75) is 46.1 Å². The maximum Gasteiger partial charge on any atom is 2.00 e. The second kappa shape index (κ2) is 17.0. The molecule has 0 aromatic rings. The standard InChI is InChI=1S/2C4H9O.Mg/c1-3-4(2)5;1-2-3-4-5;/h4H,3H2,1-2H3;2-4H2,1H3;/q2*-1;+2. The minimum Gasteiger partial charge on any atom is -0.854 e. The molecule has 0 aliphatic carbocycles. The van der Waals surface area contributed by atoms with E-state index in [-0.39, 0.29) is 35.8 Å². The van der Waals surface area contributed by atoms with Crippen LogP contribution in [0.2, 0.25) is 0 Å². The third-order valence-electron chi connectivity index (χ3n) is 1.07. The zero-order valence-corrected chi connectivity index (χ0v) is 9.34. The molecule has 64 valence electrons. The van der Waals surface area contributed by atoms with E-state index in [1.807, 2.05) is 13.8 Å². The van der Waals surface area contributed by atoms with Gasteiger partial charge in [-0.25, -0.2) is 0 Å². The Labute approximate surface area is 86.2 Å². The van der Waals surface area contributed by atoms with Crippen LogP contribution in [-0.2, 0) is 0 Å². The molecule has 11 heavy (non-hydrogen) atoms. The largest absolute Gasteiger partial charge is 2.00 e. The van der Waals surface area contributed by atoms with E-state index in [2.05, 4.69) is 0 Å². The first-order chi connectivity index (χ1) is 4.68. The van der Waals surface area contributed by atoms with Crippen LogP contribution in [0.4, 0.5) is 0 Å². The number of rotatable bonds is 3. The molecular formula is C8H18MgO2. The Morgan fingerprint density at radius 2 is 1.64 bits per heavy atom. The van der Waals surface area contributed by atoms with E-state index in [0.29, 0.717) is 0 Å². The molecule has 0 saturated carbocycles. The molecule has 2 nitrogen and oxygen atoms in total. The zero-order valence-electron chi connectivity index (χ0n) is 7.93. The van der Waals surface area contributed by atoms with Gasteiger partial charge in [0.15, 0.2) is 0 Å². The quantitative estimate of drug-likeness (QED) is 0.556. The van der Waals surface area contributed by atoms with Crippen molar-refractivity contribution in [1.82, 2.24) is 0 Å². The summed E-state index contributed by atoms with van der Waals surface area (Å²) in [5.74, 6) is 0. The van der Waals surface area contributed by atoms with Crippen molar-refractivity contribution in [3.8, 4) is 0 Å². The van der Waals surface area contributed by atoms with Gasteiger partial charge in [0.1, 0.15) is 0 Å². The maximum absolute atomic E-state index is 9.90. The molecule has 3 heteroatoms. The maximum atomic E-state index is 9.90. The van der Waals surface area contributed by atoms with Gasteiger partial charge < -0.3 is 10.2 Å². The van der Waals surface area contributed by atoms with Crippen LogP contribution in [-0.4, -0.2) is 35.8 Å². The summed E-state index contributed by atoms with van der Waals surface area (Å²) < 4.78 is 0. The van der Waals surface area contributed by atoms with Crippen LogP contribution in [0.25, 0.3) is 0 Å². The predicted molar refractivity (Wildman–Crippen MR) is 45.3 cm³/mol. The summed E-state index contributed by atoms with van der Waals surface area (Å²) in [6.45, 7) is 5.66. The fraction of sp³-hybridized carbons (Fsp3) is 1.00. The minimum atomic E-state index is -0.366. The van der Waals surface area contributed by atoms with E-state index in [4.69, 9.17) is 0 Å². The normalized spacial score (nSPS) is 10.6. The topological polar surface area (TPSA) is 46.1 Å². The summed E-state index contributed by atoms with van der Waals surface area (Å²) in [6, 6.07) is 0. The van der Waals surface area contributed by atoms with E-state index in [9.17, 15) is 10.2 Å². The minimum absolute atomic E-state index is 0. The fourth-order valence-corrected chi connectivity index (χ4v) is 0.144. The van der Waals surface area contributed by atoms with Crippen LogP contribution in [0, 0.1) is 0 Å². The number of unbranched alkanes of at least 4 members (excludes halogenated alkanes) is 1. The molecule has 1 atom stereocenters. The SMILES string of the molecule is CCC(C)[O-].CCCC[O-].[Mg+2]. The van der Waals surface area contributed by atoms with Gasteiger partial charge in [0, 0.05) is 0 Å². The molecule has 1 unspecified atom stereocenters. The second-order valence-corrected chi connectivity index (χ2v) is 2.28. The summed E-state index contributed by atoms with van der Waals surface area (Å²) in [6.07, 6.45) is 2.25. The first kappa shape index (κ1) is 17.7.